The minimum Gasteiger partial charge on any atom is -0.323 e. The van der Waals surface area contributed by atoms with Gasteiger partial charge in [0.05, 0.1) is 12.5 Å². The van der Waals surface area contributed by atoms with Crippen molar-refractivity contribution in [1.82, 2.24) is 0 Å². The van der Waals surface area contributed by atoms with Crippen molar-refractivity contribution in [3.8, 4) is 6.07 Å². The van der Waals surface area contributed by atoms with E-state index >= 15 is 0 Å². The fraction of sp³-hybridized carbons (Fsp3) is 0.300. The molecule has 1 aromatic rings. The minimum atomic E-state index is -0.144. The molecule has 0 aliphatic rings. The van der Waals surface area contributed by atoms with Crippen molar-refractivity contribution >= 4 is 0 Å². The van der Waals surface area contributed by atoms with Gasteiger partial charge in [0.1, 0.15) is 0 Å². The molecule has 12 heavy (non-hydrogen) atoms. The van der Waals surface area contributed by atoms with Gasteiger partial charge in [0.2, 0.25) is 0 Å². The van der Waals surface area contributed by atoms with Crippen molar-refractivity contribution in [1.29, 1.82) is 5.26 Å². The monoisotopic (exact) mass is 160 g/mol. The molecule has 62 valence electrons. The molecular formula is C10H12N2. The number of nitriles is 1. The Balaban J connectivity index is 2.82. The molecule has 1 rings (SSSR count). The Morgan fingerprint density at radius 3 is 2.92 bits per heavy atom. The molecule has 2 nitrogen and oxygen atoms in total. The maximum Gasteiger partial charge on any atom is 0.0641 e. The molecule has 0 fully saturated rings. The van der Waals surface area contributed by atoms with Gasteiger partial charge in [-0.25, -0.2) is 0 Å². The summed E-state index contributed by atoms with van der Waals surface area (Å²) in [7, 11) is 0. The van der Waals surface area contributed by atoms with Gasteiger partial charge in [0.15, 0.2) is 0 Å². The van der Waals surface area contributed by atoms with E-state index in [0.29, 0.717) is 6.42 Å². The Bertz CT molecular complexity index is 299. The number of nitrogens with zero attached hydrogens (tertiary/aromatic N) is 1. The number of hydrogen-bond donors (Lipinski definition) is 1. The van der Waals surface area contributed by atoms with Gasteiger partial charge in [0, 0.05) is 6.04 Å². The van der Waals surface area contributed by atoms with E-state index in [0.717, 1.165) is 5.56 Å². The molecule has 0 bridgehead atoms. The molecule has 0 aromatic heterocycles. The molecule has 0 amide bonds. The van der Waals surface area contributed by atoms with E-state index in [-0.39, 0.29) is 6.04 Å². The van der Waals surface area contributed by atoms with E-state index in [9.17, 15) is 0 Å². The standard InChI is InChI=1S/C10H12N2/c1-8-3-2-4-9(7-8)10(12)5-6-11/h2-4,7,10H,5,12H2,1H3/t10-/m1/s1. The summed E-state index contributed by atoms with van der Waals surface area (Å²) in [4.78, 5) is 0. The number of nitrogens with two attached hydrogens (primary N) is 1. The summed E-state index contributed by atoms with van der Waals surface area (Å²) in [6.07, 6.45) is 0.378. The van der Waals surface area contributed by atoms with Crippen molar-refractivity contribution in [2.45, 2.75) is 19.4 Å². The van der Waals surface area contributed by atoms with Crippen molar-refractivity contribution < 1.29 is 0 Å². The van der Waals surface area contributed by atoms with Crippen LogP contribution in [0.25, 0.3) is 0 Å². The van der Waals surface area contributed by atoms with E-state index in [1.807, 2.05) is 31.2 Å². The molecule has 0 radical (unpaired) electrons. The molecule has 0 heterocycles. The zero-order valence-corrected chi connectivity index (χ0v) is 7.12. The van der Waals surface area contributed by atoms with Crippen molar-refractivity contribution in [2.24, 2.45) is 5.73 Å². The van der Waals surface area contributed by atoms with Gasteiger partial charge in [-0.3, -0.25) is 0 Å². The van der Waals surface area contributed by atoms with Crippen LogP contribution < -0.4 is 5.73 Å². The molecular weight excluding hydrogens is 148 g/mol. The summed E-state index contributed by atoms with van der Waals surface area (Å²) >= 11 is 0. The van der Waals surface area contributed by atoms with E-state index in [1.165, 1.54) is 5.56 Å². The predicted octanol–water partition coefficient (Wildman–Crippen LogP) is 1.91. The van der Waals surface area contributed by atoms with E-state index in [1.54, 1.807) is 0 Å². The normalized spacial score (nSPS) is 12.1. The molecule has 2 N–H and O–H groups in total. The third-order valence-electron chi connectivity index (χ3n) is 1.78. The van der Waals surface area contributed by atoms with Gasteiger partial charge in [-0.1, -0.05) is 29.8 Å². The van der Waals surface area contributed by atoms with Gasteiger partial charge in [-0.15, -0.1) is 0 Å². The summed E-state index contributed by atoms with van der Waals surface area (Å²) < 4.78 is 0. The van der Waals surface area contributed by atoms with Crippen LogP contribution in [0.15, 0.2) is 24.3 Å². The second kappa shape index (κ2) is 3.89. The highest BCUT2D eigenvalue weighted by Crippen LogP contribution is 2.14. The highest BCUT2D eigenvalue weighted by Gasteiger charge is 2.03. The fourth-order valence-electron chi connectivity index (χ4n) is 1.12. The second-order valence-electron chi connectivity index (χ2n) is 2.88. The fourth-order valence-corrected chi connectivity index (χ4v) is 1.12. The van der Waals surface area contributed by atoms with Crippen molar-refractivity contribution in [2.75, 3.05) is 0 Å². The van der Waals surface area contributed by atoms with Crippen LogP contribution in [0.5, 0.6) is 0 Å². The van der Waals surface area contributed by atoms with Crippen LogP contribution >= 0.6 is 0 Å². The minimum absolute atomic E-state index is 0.144. The molecule has 1 atom stereocenters. The lowest BCUT2D eigenvalue weighted by Gasteiger charge is -2.07. The van der Waals surface area contributed by atoms with E-state index in [2.05, 4.69) is 6.07 Å². The quantitative estimate of drug-likeness (QED) is 0.718. The third kappa shape index (κ3) is 2.08. The van der Waals surface area contributed by atoms with Crippen LogP contribution in [0.4, 0.5) is 0 Å². The number of hydrogen-bond acceptors (Lipinski definition) is 2. The van der Waals surface area contributed by atoms with E-state index < -0.39 is 0 Å². The maximum absolute atomic E-state index is 8.44. The van der Waals surface area contributed by atoms with Gasteiger partial charge in [-0.2, -0.15) is 5.26 Å². The molecule has 0 saturated carbocycles. The van der Waals surface area contributed by atoms with Crippen LogP contribution in [0.3, 0.4) is 0 Å². The van der Waals surface area contributed by atoms with Crippen LogP contribution in [0.1, 0.15) is 23.6 Å². The van der Waals surface area contributed by atoms with Gasteiger partial charge in [0.25, 0.3) is 0 Å². The summed E-state index contributed by atoms with van der Waals surface area (Å²) in [6, 6.07) is 9.86. The molecule has 0 spiro atoms. The largest absolute Gasteiger partial charge is 0.323 e. The molecule has 0 aliphatic carbocycles. The number of benzene rings is 1. The SMILES string of the molecule is Cc1cccc([C@H](N)CC#N)c1. The first-order valence-electron chi connectivity index (χ1n) is 3.93. The number of aryl methyl sites for hydroxylation is 1. The topological polar surface area (TPSA) is 49.8 Å². The molecule has 0 aliphatic heterocycles. The highest BCUT2D eigenvalue weighted by molar-refractivity contribution is 5.25. The van der Waals surface area contributed by atoms with Crippen LogP contribution in [0.2, 0.25) is 0 Å². The Hall–Kier alpha value is -1.33. The van der Waals surface area contributed by atoms with Gasteiger partial charge < -0.3 is 5.73 Å². The summed E-state index contributed by atoms with van der Waals surface area (Å²) in [5.41, 5.74) is 7.97. The average molecular weight is 160 g/mol. The highest BCUT2D eigenvalue weighted by atomic mass is 14.6. The Morgan fingerprint density at radius 2 is 2.33 bits per heavy atom. The Kier molecular flexibility index (Phi) is 2.84. The molecule has 2 heteroatoms. The van der Waals surface area contributed by atoms with Gasteiger partial charge in [-0.05, 0) is 12.5 Å². The summed E-state index contributed by atoms with van der Waals surface area (Å²) in [5, 5.41) is 8.44. The van der Waals surface area contributed by atoms with Crippen molar-refractivity contribution in [3.63, 3.8) is 0 Å². The van der Waals surface area contributed by atoms with E-state index in [4.69, 9.17) is 11.0 Å². The zero-order valence-electron chi connectivity index (χ0n) is 7.12. The van der Waals surface area contributed by atoms with Gasteiger partial charge >= 0.3 is 0 Å². The van der Waals surface area contributed by atoms with Crippen molar-refractivity contribution in [3.05, 3.63) is 35.4 Å². The lowest BCUT2D eigenvalue weighted by Crippen LogP contribution is -2.08. The lowest BCUT2D eigenvalue weighted by molar-refractivity contribution is 0.748. The second-order valence-corrected chi connectivity index (χ2v) is 2.88. The maximum atomic E-state index is 8.44. The lowest BCUT2D eigenvalue weighted by atomic mass is 10.0. The Morgan fingerprint density at radius 1 is 1.58 bits per heavy atom. The van der Waals surface area contributed by atoms with Crippen LogP contribution in [-0.2, 0) is 0 Å². The first-order chi connectivity index (χ1) is 5.74. The Labute approximate surface area is 72.6 Å². The molecule has 0 unspecified atom stereocenters. The van der Waals surface area contributed by atoms with Crippen LogP contribution in [-0.4, -0.2) is 0 Å². The molecule has 0 saturated heterocycles. The predicted molar refractivity (Wildman–Crippen MR) is 48.3 cm³/mol. The zero-order chi connectivity index (χ0) is 8.97. The summed E-state index contributed by atoms with van der Waals surface area (Å²) in [5.74, 6) is 0. The molecule has 1 aromatic carbocycles. The summed E-state index contributed by atoms with van der Waals surface area (Å²) in [6.45, 7) is 2.02. The number of rotatable bonds is 2. The third-order valence-corrected chi connectivity index (χ3v) is 1.78. The van der Waals surface area contributed by atoms with Crippen LogP contribution in [0, 0.1) is 18.3 Å². The first-order valence-corrected chi connectivity index (χ1v) is 3.93. The first kappa shape index (κ1) is 8.76. The average Bonchev–Trinajstić information content (AvgIpc) is 2.05. The smallest absolute Gasteiger partial charge is 0.0641 e.